The number of nitrogens with zero attached hydrogens (tertiary/aromatic N) is 3. The van der Waals surface area contributed by atoms with Crippen molar-refractivity contribution in [1.29, 1.82) is 0 Å². The molecule has 5 rings (SSSR count). The molecule has 1 aromatic rings. The fourth-order valence-corrected chi connectivity index (χ4v) is 13.4. The second kappa shape index (κ2) is 41.9. The van der Waals surface area contributed by atoms with Crippen molar-refractivity contribution >= 4 is 113 Å². The zero-order valence-electron chi connectivity index (χ0n) is 56.3. The molecule has 4 heterocycles. The number of aliphatic carboxylic acids is 1. The number of benzene rings is 1. The van der Waals surface area contributed by atoms with Gasteiger partial charge in [0.25, 0.3) is 5.91 Å². The molecule has 11 atom stereocenters. The lowest BCUT2D eigenvalue weighted by Crippen LogP contribution is -2.62. The van der Waals surface area contributed by atoms with Gasteiger partial charge in [0.05, 0.1) is 26.2 Å². The van der Waals surface area contributed by atoms with Gasteiger partial charge in [-0.15, -0.1) is 0 Å². The first kappa shape index (κ1) is 81.3. The summed E-state index contributed by atoms with van der Waals surface area (Å²) in [7, 11) is 0.995. The number of carboxylic acid groups (broad SMARTS) is 1. The third kappa shape index (κ3) is 27.4. The number of primary amides is 2. The molecule has 99 heavy (non-hydrogen) atoms. The van der Waals surface area contributed by atoms with Gasteiger partial charge in [-0.25, -0.2) is 4.79 Å². The van der Waals surface area contributed by atoms with E-state index in [2.05, 4.69) is 57.5 Å². The van der Waals surface area contributed by atoms with Crippen LogP contribution in [0.25, 0.3) is 0 Å². The van der Waals surface area contributed by atoms with Crippen LogP contribution in [-0.4, -0.2) is 227 Å². The Morgan fingerprint density at radius 1 is 0.636 bits per heavy atom. The van der Waals surface area contributed by atoms with Crippen LogP contribution in [0, 0.1) is 5.92 Å². The second-order valence-corrected chi connectivity index (χ2v) is 27.0. The van der Waals surface area contributed by atoms with Crippen molar-refractivity contribution in [2.45, 2.75) is 208 Å². The quantitative estimate of drug-likeness (QED) is 0.0441. The molecule has 0 unspecified atom stereocenters. The molecule has 0 aliphatic carbocycles. The molecule has 12 amide bonds. The summed E-state index contributed by atoms with van der Waals surface area (Å²) in [6.45, 7) is 5.24. The Balaban J connectivity index is 1.61. The number of oxime groups is 1. The van der Waals surface area contributed by atoms with Crippen molar-refractivity contribution in [2.24, 2.45) is 28.3 Å². The smallest absolute Gasteiger partial charge is 0.344 e. The maximum Gasteiger partial charge on any atom is 0.344 e. The Morgan fingerprint density at radius 2 is 1.18 bits per heavy atom. The van der Waals surface area contributed by atoms with Crippen LogP contribution in [0.4, 0.5) is 0 Å². The van der Waals surface area contributed by atoms with E-state index in [1.165, 1.54) is 28.4 Å². The van der Waals surface area contributed by atoms with Crippen LogP contribution in [0.1, 0.15) is 141 Å². The summed E-state index contributed by atoms with van der Waals surface area (Å²) < 4.78 is 6.27. The molecule has 4 bridgehead atoms. The molecule has 0 radical (unpaired) electrons. The van der Waals surface area contributed by atoms with Gasteiger partial charge in [0.15, 0.2) is 0 Å². The van der Waals surface area contributed by atoms with Crippen LogP contribution in [-0.2, 0) is 93.2 Å². The monoisotopic (exact) mass is 1430 g/mol. The molecule has 4 aliphatic rings. The van der Waals surface area contributed by atoms with Gasteiger partial charge in [0.1, 0.15) is 79.0 Å². The topological polar surface area (TPSA) is 509 Å². The van der Waals surface area contributed by atoms with Crippen LogP contribution in [0.5, 0.6) is 5.75 Å². The van der Waals surface area contributed by atoms with Crippen molar-refractivity contribution in [1.82, 2.24) is 52.3 Å². The van der Waals surface area contributed by atoms with Gasteiger partial charge < -0.3 is 89.3 Å². The first-order chi connectivity index (χ1) is 47.2. The Hall–Kier alpha value is -8.35. The molecule has 16 N–H and O–H groups in total. The van der Waals surface area contributed by atoms with Gasteiger partial charge in [0.2, 0.25) is 65.0 Å². The van der Waals surface area contributed by atoms with E-state index in [-0.39, 0.29) is 87.3 Å². The highest BCUT2D eigenvalue weighted by Gasteiger charge is 2.44. The van der Waals surface area contributed by atoms with Crippen LogP contribution >= 0.6 is 23.5 Å². The van der Waals surface area contributed by atoms with Crippen molar-refractivity contribution in [2.75, 3.05) is 51.5 Å². The molecule has 550 valence electrons. The van der Waals surface area contributed by atoms with Gasteiger partial charge in [0, 0.05) is 48.9 Å². The van der Waals surface area contributed by atoms with E-state index in [1.54, 1.807) is 26.0 Å². The zero-order valence-corrected chi connectivity index (χ0v) is 57.9. The lowest BCUT2D eigenvalue weighted by molar-refractivity contribution is -0.255. The molecule has 4 aliphatic heterocycles. The molecule has 0 spiro atoms. The van der Waals surface area contributed by atoms with E-state index in [1.807, 2.05) is 6.07 Å². The molecular weight excluding hydrogens is 1340 g/mol. The van der Waals surface area contributed by atoms with Crippen LogP contribution in [0.3, 0.4) is 0 Å². The Labute approximate surface area is 581 Å². The SMILES string of the molecule is COOC(=O)C[C@@H]1NC(=O)[C@H](CC(C)C)NC(=O)[C@@H]2CCCN2C(=O)[C@@H]2CSCc3cc(cc(c3)OCCCCCCO/N=C/C(=O)N[C@@H](CCCCN)C(=O)N2)CSC[C@@H](C(N)=O)NC(=O)[C@H](CCC(=O)O)NC(=O)[C@H](CCC(N)=O)NC(=O)[C@@H]2CCCN2C(=O)[C@H]([C@@H](C)O)NC1=O. The van der Waals surface area contributed by atoms with Gasteiger partial charge in [-0.3, -0.25) is 67.2 Å². The standard InChI is InChI=1S/C63H96N14O20S2/c1-35(2)25-43-58(88)71-44(29-52(83)97-94-4)59(89)75-53(36(3)78)63(93)77-22-12-15-48(77)60(90)70-41(16-18-49(65)79)56(86)69-42(17-19-51(81)82)57(87)73-45(54(66)84)33-98-31-37-26-38-28-39(27-37)95-23-9-5-6-10-24-96-67-30-50(80)68-40(13-7-8-20-64)55(85)74-46(34-99-32-38)62(92)76-21-11-14-47(76)61(91)72-43/h26-28,30,35-36,40-48,53,78H,5-25,29,31-34,64H2,1-4H3,(H2,65,79)(H2,66,84)(H,68,80)(H,69,86)(H,70,90)(H,71,88)(H,72,91)(H,73,87)(H,74,85)(H,75,89)(H,81,82)/b67-30+/t36-,40+,41+,42+,43+,44+,45+,46+,47+,48+,53+/m1/s1. The summed E-state index contributed by atoms with van der Waals surface area (Å²) in [6, 6.07) is -9.81. The number of unbranched alkanes of at least 4 members (excludes halogenated alkanes) is 1. The van der Waals surface area contributed by atoms with E-state index in [0.717, 1.165) is 38.0 Å². The second-order valence-electron chi connectivity index (χ2n) is 25.0. The molecule has 1 aromatic carbocycles. The molecular formula is C63H96N14O20S2. The van der Waals surface area contributed by atoms with Crippen LogP contribution < -0.4 is 64.5 Å². The van der Waals surface area contributed by atoms with Gasteiger partial charge in [-0.2, -0.15) is 28.4 Å². The summed E-state index contributed by atoms with van der Waals surface area (Å²) >= 11 is 2.40. The third-order valence-corrected chi connectivity index (χ3v) is 18.7. The van der Waals surface area contributed by atoms with Crippen molar-refractivity contribution in [3.05, 3.63) is 29.3 Å². The highest BCUT2D eigenvalue weighted by molar-refractivity contribution is 7.98. The average Bonchev–Trinajstić information content (AvgIpc) is 1.74. The molecule has 2 fully saturated rings. The predicted molar refractivity (Wildman–Crippen MR) is 358 cm³/mol. The summed E-state index contributed by atoms with van der Waals surface area (Å²) in [6.07, 6.45) is 0.176. The van der Waals surface area contributed by atoms with Crippen LogP contribution in [0.15, 0.2) is 23.4 Å². The maximum absolute atomic E-state index is 15.2. The molecule has 34 nitrogen and oxygen atoms in total. The number of fused-ring (bicyclic) bond motifs is 7. The highest BCUT2D eigenvalue weighted by atomic mass is 32.2. The Morgan fingerprint density at radius 3 is 1.78 bits per heavy atom. The third-order valence-electron chi connectivity index (χ3n) is 16.5. The molecule has 0 saturated carbocycles. The van der Waals surface area contributed by atoms with E-state index < -0.39 is 181 Å². The van der Waals surface area contributed by atoms with E-state index in [0.29, 0.717) is 55.6 Å². The average molecular weight is 1430 g/mol. The van der Waals surface area contributed by atoms with Gasteiger partial charge in [-0.05, 0) is 133 Å². The number of aliphatic hydroxyl groups is 1. The number of nitrogens with one attached hydrogen (secondary N) is 8. The minimum absolute atomic E-state index is 0.0258. The number of carbonyl (C=O) groups is 14. The first-order valence-electron chi connectivity index (χ1n) is 33.2. The maximum atomic E-state index is 15.2. The van der Waals surface area contributed by atoms with E-state index >= 15 is 4.79 Å². The number of nitrogens with two attached hydrogens (primary N) is 3. The fourth-order valence-electron chi connectivity index (χ4n) is 11.4. The molecule has 36 heteroatoms. The van der Waals surface area contributed by atoms with Gasteiger partial charge in [-0.1, -0.05) is 25.1 Å². The number of carboxylic acids is 1. The summed E-state index contributed by atoms with van der Waals surface area (Å²) in [5.74, 6) is -13.6. The first-order valence-corrected chi connectivity index (χ1v) is 35.5. The summed E-state index contributed by atoms with van der Waals surface area (Å²) in [5, 5.41) is 45.0. The summed E-state index contributed by atoms with van der Waals surface area (Å²) in [5.41, 5.74) is 18.5. The van der Waals surface area contributed by atoms with Gasteiger partial charge >= 0.3 is 11.9 Å². The number of ether oxygens (including phenoxy) is 1. The Kier molecular flexibility index (Phi) is 34.4. The number of hydrogen-bond acceptors (Lipinski definition) is 23. The predicted octanol–water partition coefficient (Wildman–Crippen LogP) is -2.35. The minimum atomic E-state index is -1.91. The normalized spacial score (nSPS) is 26.2. The molecule has 0 aromatic heterocycles. The zero-order chi connectivity index (χ0) is 72.7. The number of hydrogen-bond donors (Lipinski definition) is 13. The Bertz CT molecular complexity index is 3040. The van der Waals surface area contributed by atoms with Crippen molar-refractivity contribution < 1.29 is 96.7 Å². The molecule has 2 saturated heterocycles. The van der Waals surface area contributed by atoms with Crippen LogP contribution in [0.2, 0.25) is 0 Å². The number of rotatable bonds is 17. The lowest BCUT2D eigenvalue weighted by Gasteiger charge is -2.32. The number of aliphatic hydroxyl groups excluding tert-OH is 1. The minimum Gasteiger partial charge on any atom is -0.494 e. The number of thioether (sulfide) groups is 2. The summed E-state index contributed by atoms with van der Waals surface area (Å²) in [4.78, 5) is 211. The fraction of sp³-hybridized carbons (Fsp3) is 0.667. The number of amides is 12. The van der Waals surface area contributed by atoms with E-state index in [9.17, 15) is 72.5 Å². The van der Waals surface area contributed by atoms with Crippen molar-refractivity contribution in [3.8, 4) is 5.75 Å². The largest absolute Gasteiger partial charge is 0.494 e. The number of carbonyl (C=O) groups excluding carboxylic acids is 13. The van der Waals surface area contributed by atoms with E-state index in [4.69, 9.17) is 26.8 Å². The lowest BCUT2D eigenvalue weighted by atomic mass is 10.0. The highest BCUT2D eigenvalue weighted by Crippen LogP contribution is 2.28. The van der Waals surface area contributed by atoms with Crippen molar-refractivity contribution in [3.63, 3.8) is 0 Å².